The highest BCUT2D eigenvalue weighted by Crippen LogP contribution is 2.19. The van der Waals surface area contributed by atoms with Crippen molar-refractivity contribution >= 4 is 0 Å². The number of methoxy groups -OCH3 is 1. The maximum atomic E-state index is 12.2. The number of alkyl halides is 2. The Morgan fingerprint density at radius 1 is 1.64 bits per heavy atom. The van der Waals surface area contributed by atoms with Gasteiger partial charge < -0.3 is 15.5 Å². The molecule has 1 aromatic heterocycles. The zero-order valence-corrected chi connectivity index (χ0v) is 7.51. The summed E-state index contributed by atoms with van der Waals surface area (Å²) in [5.41, 5.74) is 4.42. The van der Waals surface area contributed by atoms with Gasteiger partial charge in [-0.3, -0.25) is 4.79 Å². The topological polar surface area (TPSA) is 68.1 Å². The molecule has 0 saturated carbocycles. The molecule has 0 atom stereocenters. The van der Waals surface area contributed by atoms with E-state index in [4.69, 9.17) is 10.5 Å². The molecule has 0 bridgehead atoms. The molecule has 0 unspecified atom stereocenters. The van der Waals surface area contributed by atoms with Crippen LogP contribution in [0.1, 0.15) is 17.7 Å². The van der Waals surface area contributed by atoms with Crippen LogP contribution < -0.4 is 16.0 Å². The predicted molar refractivity (Wildman–Crippen MR) is 46.5 cm³/mol. The number of aromatic nitrogens is 1. The lowest BCUT2D eigenvalue weighted by molar-refractivity contribution is 0.145. The van der Waals surface area contributed by atoms with Crippen molar-refractivity contribution in [2.75, 3.05) is 7.11 Å². The van der Waals surface area contributed by atoms with Crippen LogP contribution in [0.2, 0.25) is 0 Å². The fourth-order valence-corrected chi connectivity index (χ4v) is 1.12. The standard InChI is InChI=1S/C8H10F2N2O2/c1-14-6-4(3-11)2-5(7(9)10)12-8(6)13/h2,7H,3,11H2,1H3,(H,12,13). The maximum absolute atomic E-state index is 12.2. The zero-order valence-electron chi connectivity index (χ0n) is 7.51. The minimum atomic E-state index is -2.72. The van der Waals surface area contributed by atoms with Crippen LogP contribution in [-0.4, -0.2) is 12.1 Å². The highest BCUT2D eigenvalue weighted by atomic mass is 19.3. The van der Waals surface area contributed by atoms with E-state index in [0.29, 0.717) is 0 Å². The van der Waals surface area contributed by atoms with Crippen LogP contribution >= 0.6 is 0 Å². The normalized spacial score (nSPS) is 10.6. The van der Waals surface area contributed by atoms with Crippen molar-refractivity contribution in [3.05, 3.63) is 27.7 Å². The van der Waals surface area contributed by atoms with E-state index in [1.165, 1.54) is 7.11 Å². The summed E-state index contributed by atoms with van der Waals surface area (Å²) in [6, 6.07) is 1.13. The van der Waals surface area contributed by atoms with Crippen LogP contribution in [-0.2, 0) is 6.54 Å². The molecule has 0 aromatic carbocycles. The van der Waals surface area contributed by atoms with Gasteiger partial charge in [0.15, 0.2) is 5.75 Å². The average Bonchev–Trinajstić information content (AvgIpc) is 2.16. The SMILES string of the molecule is COc1c(CN)cc(C(F)F)[nH]c1=O. The van der Waals surface area contributed by atoms with Gasteiger partial charge in [-0.15, -0.1) is 0 Å². The van der Waals surface area contributed by atoms with Gasteiger partial charge in [0.1, 0.15) is 0 Å². The van der Waals surface area contributed by atoms with Gasteiger partial charge in [-0.2, -0.15) is 0 Å². The Balaban J connectivity index is 3.32. The molecule has 3 N–H and O–H groups in total. The lowest BCUT2D eigenvalue weighted by Gasteiger charge is -2.07. The summed E-state index contributed by atoms with van der Waals surface area (Å²) in [4.78, 5) is 13.2. The molecule has 4 nitrogen and oxygen atoms in total. The molecule has 0 saturated heterocycles. The summed E-state index contributed by atoms with van der Waals surface area (Å²) in [6.07, 6.45) is -2.72. The van der Waals surface area contributed by atoms with E-state index < -0.39 is 17.7 Å². The molecule has 0 aliphatic carbocycles. The van der Waals surface area contributed by atoms with Crippen molar-refractivity contribution in [2.45, 2.75) is 13.0 Å². The van der Waals surface area contributed by atoms with Gasteiger partial charge in [-0.1, -0.05) is 0 Å². The predicted octanol–water partition coefficient (Wildman–Crippen LogP) is 0.780. The number of aromatic amines is 1. The number of halogens is 2. The van der Waals surface area contributed by atoms with E-state index in [-0.39, 0.29) is 17.9 Å². The second kappa shape index (κ2) is 4.19. The first kappa shape index (κ1) is 10.6. The molecule has 6 heteroatoms. The number of hydrogen-bond donors (Lipinski definition) is 2. The van der Waals surface area contributed by atoms with Gasteiger partial charge in [0, 0.05) is 12.1 Å². The van der Waals surface area contributed by atoms with E-state index in [9.17, 15) is 13.6 Å². The van der Waals surface area contributed by atoms with Crippen molar-refractivity contribution in [1.29, 1.82) is 0 Å². The minimum absolute atomic E-state index is 0.0168. The summed E-state index contributed by atoms with van der Waals surface area (Å²) >= 11 is 0. The molecule has 0 spiro atoms. The third-order valence-electron chi connectivity index (χ3n) is 1.74. The molecule has 1 aromatic rings. The van der Waals surface area contributed by atoms with Crippen LogP contribution in [0, 0.1) is 0 Å². The Morgan fingerprint density at radius 2 is 2.29 bits per heavy atom. The van der Waals surface area contributed by atoms with Gasteiger partial charge in [-0.05, 0) is 6.07 Å². The molecule has 0 radical (unpaired) electrons. The first-order valence-electron chi connectivity index (χ1n) is 3.88. The number of pyridine rings is 1. The minimum Gasteiger partial charge on any atom is -0.491 e. The lowest BCUT2D eigenvalue weighted by Crippen LogP contribution is -2.16. The van der Waals surface area contributed by atoms with Crippen molar-refractivity contribution in [3.8, 4) is 5.75 Å². The second-order valence-corrected chi connectivity index (χ2v) is 2.62. The number of hydrogen-bond acceptors (Lipinski definition) is 3. The van der Waals surface area contributed by atoms with Crippen LogP contribution in [0.5, 0.6) is 5.75 Å². The smallest absolute Gasteiger partial charge is 0.290 e. The summed E-state index contributed by atoms with van der Waals surface area (Å²) in [7, 11) is 1.28. The third-order valence-corrected chi connectivity index (χ3v) is 1.74. The molecule has 1 rings (SSSR count). The first-order valence-corrected chi connectivity index (χ1v) is 3.88. The fraction of sp³-hybridized carbons (Fsp3) is 0.375. The summed E-state index contributed by atoms with van der Waals surface area (Å²) < 4.78 is 29.2. The lowest BCUT2D eigenvalue weighted by atomic mass is 10.2. The number of ether oxygens (including phenoxy) is 1. The molecular formula is C8H10F2N2O2. The quantitative estimate of drug-likeness (QED) is 0.764. The molecule has 0 amide bonds. The monoisotopic (exact) mass is 204 g/mol. The van der Waals surface area contributed by atoms with Crippen molar-refractivity contribution in [2.24, 2.45) is 5.73 Å². The van der Waals surface area contributed by atoms with Crippen LogP contribution in [0.3, 0.4) is 0 Å². The van der Waals surface area contributed by atoms with Crippen LogP contribution in [0.15, 0.2) is 10.9 Å². The van der Waals surface area contributed by atoms with E-state index in [0.717, 1.165) is 6.07 Å². The summed E-state index contributed by atoms with van der Waals surface area (Å²) in [5, 5.41) is 0. The van der Waals surface area contributed by atoms with Crippen molar-refractivity contribution in [3.63, 3.8) is 0 Å². The Morgan fingerprint density at radius 3 is 2.71 bits per heavy atom. The molecule has 14 heavy (non-hydrogen) atoms. The number of rotatable bonds is 3. The van der Waals surface area contributed by atoms with Crippen molar-refractivity contribution < 1.29 is 13.5 Å². The van der Waals surface area contributed by atoms with Gasteiger partial charge in [-0.25, -0.2) is 8.78 Å². The fourth-order valence-electron chi connectivity index (χ4n) is 1.12. The zero-order chi connectivity index (χ0) is 10.7. The molecule has 0 fully saturated rings. The van der Waals surface area contributed by atoms with Gasteiger partial charge in [0.25, 0.3) is 12.0 Å². The number of H-pyrrole nitrogens is 1. The number of nitrogens with two attached hydrogens (primary N) is 1. The summed E-state index contributed by atoms with van der Waals surface area (Å²) in [6.45, 7) is -0.0210. The Labute approximate surface area is 78.7 Å². The van der Waals surface area contributed by atoms with Gasteiger partial charge in [0.2, 0.25) is 0 Å². The Hall–Kier alpha value is -1.43. The van der Waals surface area contributed by atoms with E-state index in [1.54, 1.807) is 0 Å². The highest BCUT2D eigenvalue weighted by molar-refractivity contribution is 5.32. The average molecular weight is 204 g/mol. The maximum Gasteiger partial charge on any atom is 0.290 e. The van der Waals surface area contributed by atoms with Gasteiger partial charge >= 0.3 is 0 Å². The van der Waals surface area contributed by atoms with E-state index in [1.807, 2.05) is 4.98 Å². The Bertz CT molecular complexity index is 376. The Kier molecular flexibility index (Phi) is 3.19. The van der Waals surface area contributed by atoms with E-state index >= 15 is 0 Å². The molecule has 0 aliphatic rings. The van der Waals surface area contributed by atoms with Crippen LogP contribution in [0.4, 0.5) is 8.78 Å². The second-order valence-electron chi connectivity index (χ2n) is 2.62. The van der Waals surface area contributed by atoms with Crippen LogP contribution in [0.25, 0.3) is 0 Å². The molecule has 0 aliphatic heterocycles. The van der Waals surface area contributed by atoms with Crippen molar-refractivity contribution in [1.82, 2.24) is 4.98 Å². The molecule has 1 heterocycles. The molecular weight excluding hydrogens is 194 g/mol. The third kappa shape index (κ3) is 1.90. The highest BCUT2D eigenvalue weighted by Gasteiger charge is 2.14. The van der Waals surface area contributed by atoms with Gasteiger partial charge in [0.05, 0.1) is 12.8 Å². The first-order chi connectivity index (χ1) is 6.60. The summed E-state index contributed by atoms with van der Waals surface area (Å²) in [5.74, 6) is -0.0168. The van der Waals surface area contributed by atoms with E-state index in [2.05, 4.69) is 0 Å². The molecule has 78 valence electrons. The largest absolute Gasteiger partial charge is 0.491 e. The number of nitrogens with one attached hydrogen (secondary N) is 1.